The lowest BCUT2D eigenvalue weighted by atomic mass is 10.1. The van der Waals surface area contributed by atoms with Gasteiger partial charge in [-0.05, 0) is 18.2 Å². The van der Waals surface area contributed by atoms with Crippen LogP contribution in [0.3, 0.4) is 0 Å². The maximum absolute atomic E-state index is 13.5. The van der Waals surface area contributed by atoms with Crippen molar-refractivity contribution in [2.45, 2.75) is 18.4 Å². The van der Waals surface area contributed by atoms with Gasteiger partial charge in [0.05, 0.1) is 30.4 Å². The molecule has 2 amide bonds. The van der Waals surface area contributed by atoms with E-state index in [9.17, 15) is 18.4 Å². The molecule has 7 nitrogen and oxygen atoms in total. The number of nitriles is 1. The number of likely N-dealkylation sites (tertiary alicyclic amines) is 1. The van der Waals surface area contributed by atoms with Crippen molar-refractivity contribution in [1.82, 2.24) is 20.2 Å². The van der Waals surface area contributed by atoms with E-state index in [0.717, 1.165) is 4.90 Å². The molecule has 1 saturated heterocycles. The highest BCUT2D eigenvalue weighted by Crippen LogP contribution is 2.31. The van der Waals surface area contributed by atoms with Crippen LogP contribution in [-0.2, 0) is 4.79 Å². The van der Waals surface area contributed by atoms with E-state index in [1.54, 1.807) is 30.5 Å². The molecule has 0 spiro atoms. The first-order chi connectivity index (χ1) is 12.9. The molecule has 138 valence electrons. The number of nitrogens with one attached hydrogen (secondary N) is 1. The summed E-state index contributed by atoms with van der Waals surface area (Å²) in [5.41, 5.74) is 1.26. The summed E-state index contributed by atoms with van der Waals surface area (Å²) in [6.07, 6.45) is 3.78. The smallest absolute Gasteiger partial charge is 0.268 e. The summed E-state index contributed by atoms with van der Waals surface area (Å²) in [6, 6.07) is 7.18. The van der Waals surface area contributed by atoms with Gasteiger partial charge >= 0.3 is 0 Å². The maximum atomic E-state index is 13.5. The molecule has 1 aliphatic heterocycles. The van der Waals surface area contributed by atoms with Crippen molar-refractivity contribution in [1.29, 1.82) is 5.26 Å². The Morgan fingerprint density at radius 1 is 1.33 bits per heavy atom. The number of rotatable bonds is 4. The summed E-state index contributed by atoms with van der Waals surface area (Å²) in [5.74, 6) is -4.40. The maximum Gasteiger partial charge on any atom is 0.268 e. The number of carbonyl (C=O) groups excluding carboxylic acids is 2. The minimum atomic E-state index is -3.10. The molecule has 1 fully saturated rings. The van der Waals surface area contributed by atoms with Crippen LogP contribution >= 0.6 is 0 Å². The van der Waals surface area contributed by atoms with Crippen LogP contribution in [0.5, 0.6) is 0 Å². The third-order valence-corrected chi connectivity index (χ3v) is 4.15. The van der Waals surface area contributed by atoms with Crippen molar-refractivity contribution in [3.63, 3.8) is 0 Å². The zero-order chi connectivity index (χ0) is 19.4. The molecule has 2 aromatic rings. The van der Waals surface area contributed by atoms with Gasteiger partial charge in [0.1, 0.15) is 6.04 Å². The second-order valence-electron chi connectivity index (χ2n) is 6.05. The summed E-state index contributed by atoms with van der Waals surface area (Å²) in [4.78, 5) is 33.6. The van der Waals surface area contributed by atoms with E-state index in [0.29, 0.717) is 11.3 Å². The monoisotopic (exact) mass is 371 g/mol. The normalized spacial score (nSPS) is 18.0. The number of aromatic nitrogens is 2. The van der Waals surface area contributed by atoms with Crippen molar-refractivity contribution < 1.29 is 18.4 Å². The van der Waals surface area contributed by atoms with E-state index < -0.39 is 43.3 Å². The van der Waals surface area contributed by atoms with Crippen LogP contribution in [0.2, 0.25) is 0 Å². The fourth-order valence-electron chi connectivity index (χ4n) is 2.87. The summed E-state index contributed by atoms with van der Waals surface area (Å²) < 4.78 is 26.9. The van der Waals surface area contributed by atoms with Gasteiger partial charge in [0.2, 0.25) is 5.91 Å². The Morgan fingerprint density at radius 3 is 2.85 bits per heavy atom. The molecule has 3 rings (SSSR count). The Labute approximate surface area is 153 Å². The van der Waals surface area contributed by atoms with Crippen molar-refractivity contribution in [3.05, 3.63) is 48.4 Å². The predicted octanol–water partition coefficient (Wildman–Crippen LogP) is 1.63. The average molecular weight is 371 g/mol. The number of hydrogen-bond donors (Lipinski definition) is 1. The van der Waals surface area contributed by atoms with Gasteiger partial charge in [0.15, 0.2) is 0 Å². The molecule has 0 aromatic carbocycles. The van der Waals surface area contributed by atoms with E-state index in [1.165, 1.54) is 18.5 Å². The lowest BCUT2D eigenvalue weighted by Gasteiger charge is -2.19. The summed E-state index contributed by atoms with van der Waals surface area (Å²) in [5, 5.41) is 11.4. The minimum Gasteiger partial charge on any atom is -0.343 e. The molecule has 3 heterocycles. The van der Waals surface area contributed by atoms with Gasteiger partial charge in [0.25, 0.3) is 11.8 Å². The lowest BCUT2D eigenvalue weighted by Crippen LogP contribution is -2.43. The fourth-order valence-corrected chi connectivity index (χ4v) is 2.87. The molecule has 0 saturated carbocycles. The van der Waals surface area contributed by atoms with Crippen LogP contribution in [0.1, 0.15) is 16.8 Å². The summed E-state index contributed by atoms with van der Waals surface area (Å²) in [7, 11) is 0. The first-order valence-electron chi connectivity index (χ1n) is 8.12. The van der Waals surface area contributed by atoms with Gasteiger partial charge in [0, 0.05) is 30.6 Å². The topological polar surface area (TPSA) is 99.0 Å². The molecule has 0 bridgehead atoms. The molecule has 27 heavy (non-hydrogen) atoms. The summed E-state index contributed by atoms with van der Waals surface area (Å²) in [6.45, 7) is -1.31. The van der Waals surface area contributed by atoms with Crippen LogP contribution in [0.15, 0.2) is 42.9 Å². The number of amides is 2. The first kappa shape index (κ1) is 18.4. The fraction of sp³-hybridized carbons (Fsp3) is 0.278. The van der Waals surface area contributed by atoms with E-state index in [1.807, 2.05) is 0 Å². The zero-order valence-corrected chi connectivity index (χ0v) is 14.1. The van der Waals surface area contributed by atoms with E-state index in [2.05, 4.69) is 15.3 Å². The van der Waals surface area contributed by atoms with E-state index >= 15 is 0 Å². The number of nitrogens with zero attached hydrogens (tertiary/aromatic N) is 4. The number of halogens is 2. The SMILES string of the molecule is N#C[C@@H]1CC(F)(F)CN1C(=O)CNC(=O)c1ccncc1-c1ccccn1. The minimum absolute atomic E-state index is 0.250. The van der Waals surface area contributed by atoms with Crippen LogP contribution in [0.4, 0.5) is 8.78 Å². The number of alkyl halides is 2. The van der Waals surface area contributed by atoms with Crippen molar-refractivity contribution >= 4 is 11.8 Å². The van der Waals surface area contributed by atoms with Crippen molar-refractivity contribution in [2.24, 2.45) is 0 Å². The Morgan fingerprint density at radius 2 is 2.15 bits per heavy atom. The molecule has 1 N–H and O–H groups in total. The molecule has 0 radical (unpaired) electrons. The Balaban J connectivity index is 1.71. The first-order valence-corrected chi connectivity index (χ1v) is 8.12. The lowest BCUT2D eigenvalue weighted by molar-refractivity contribution is -0.131. The van der Waals surface area contributed by atoms with Gasteiger partial charge in [-0.2, -0.15) is 5.26 Å². The van der Waals surface area contributed by atoms with E-state index in [4.69, 9.17) is 5.26 Å². The zero-order valence-electron chi connectivity index (χ0n) is 14.1. The predicted molar refractivity (Wildman–Crippen MR) is 90.5 cm³/mol. The van der Waals surface area contributed by atoms with Gasteiger partial charge < -0.3 is 10.2 Å². The quantitative estimate of drug-likeness (QED) is 0.881. The third-order valence-electron chi connectivity index (χ3n) is 4.15. The second kappa shape index (κ2) is 7.45. The molecular weight excluding hydrogens is 356 g/mol. The highest BCUT2D eigenvalue weighted by atomic mass is 19.3. The number of carbonyl (C=O) groups is 2. The van der Waals surface area contributed by atoms with Gasteiger partial charge in [-0.1, -0.05) is 6.07 Å². The molecule has 2 aromatic heterocycles. The largest absolute Gasteiger partial charge is 0.343 e. The number of pyridine rings is 2. The van der Waals surface area contributed by atoms with Crippen molar-refractivity contribution in [2.75, 3.05) is 13.1 Å². The number of hydrogen-bond acceptors (Lipinski definition) is 5. The molecule has 1 aliphatic rings. The molecule has 0 unspecified atom stereocenters. The molecular formula is C18H15F2N5O2. The Bertz CT molecular complexity index is 898. The van der Waals surface area contributed by atoms with Crippen LogP contribution in [0, 0.1) is 11.3 Å². The van der Waals surface area contributed by atoms with Crippen molar-refractivity contribution in [3.8, 4) is 17.3 Å². The Hall–Kier alpha value is -3.41. The van der Waals surface area contributed by atoms with Gasteiger partial charge in [-0.3, -0.25) is 19.6 Å². The standard InChI is InChI=1S/C18H15F2N5O2/c19-18(20)7-12(8-21)25(11-18)16(26)10-24-17(27)13-4-6-22-9-14(13)15-3-1-2-5-23-15/h1-6,9,12H,7,10-11H2,(H,24,27)/t12-/m0/s1. The molecule has 1 atom stereocenters. The highest BCUT2D eigenvalue weighted by molar-refractivity contribution is 6.01. The van der Waals surface area contributed by atoms with Gasteiger partial charge in [-0.15, -0.1) is 0 Å². The summed E-state index contributed by atoms with van der Waals surface area (Å²) >= 11 is 0. The van der Waals surface area contributed by atoms with Crippen LogP contribution in [-0.4, -0.2) is 51.7 Å². The highest BCUT2D eigenvalue weighted by Gasteiger charge is 2.47. The molecule has 9 heteroatoms. The van der Waals surface area contributed by atoms with Crippen LogP contribution < -0.4 is 5.32 Å². The molecule has 0 aliphatic carbocycles. The average Bonchev–Trinajstić information content (AvgIpc) is 3.01. The van der Waals surface area contributed by atoms with Crippen LogP contribution in [0.25, 0.3) is 11.3 Å². The second-order valence-corrected chi connectivity index (χ2v) is 6.05. The third kappa shape index (κ3) is 4.06. The Kier molecular flexibility index (Phi) is 5.07. The van der Waals surface area contributed by atoms with E-state index in [-0.39, 0.29) is 5.56 Å². The van der Waals surface area contributed by atoms with Gasteiger partial charge in [-0.25, -0.2) is 8.78 Å².